The highest BCUT2D eigenvalue weighted by Crippen LogP contribution is 2.28. The van der Waals surface area contributed by atoms with Crippen molar-refractivity contribution in [1.82, 2.24) is 10.3 Å². The van der Waals surface area contributed by atoms with Gasteiger partial charge in [-0.05, 0) is 18.2 Å². The lowest BCUT2D eigenvalue weighted by Gasteiger charge is -2.26. The Morgan fingerprint density at radius 1 is 1.28 bits per heavy atom. The summed E-state index contributed by atoms with van der Waals surface area (Å²) in [5.41, 5.74) is 2.44. The number of hydrogen-bond acceptors (Lipinski definition) is 6. The van der Waals surface area contributed by atoms with Gasteiger partial charge in [0.05, 0.1) is 24.8 Å². The lowest BCUT2D eigenvalue weighted by atomic mass is 9.85. The molecule has 0 bridgehead atoms. The van der Waals surface area contributed by atoms with Crippen LogP contribution < -0.4 is 15.4 Å². The summed E-state index contributed by atoms with van der Waals surface area (Å²) in [6, 6.07) is 11.1. The van der Waals surface area contributed by atoms with E-state index in [0.717, 1.165) is 11.3 Å². The largest absolute Gasteiger partial charge is 0.495 e. The molecule has 150 valence electrons. The molecule has 0 saturated heterocycles. The van der Waals surface area contributed by atoms with E-state index in [0.29, 0.717) is 23.6 Å². The Labute approximate surface area is 173 Å². The average molecular weight is 411 g/mol. The first kappa shape index (κ1) is 20.5. The normalized spacial score (nSPS) is 16.3. The van der Waals surface area contributed by atoms with Crippen LogP contribution in [0.1, 0.15) is 18.4 Å². The van der Waals surface area contributed by atoms with Gasteiger partial charge >= 0.3 is 5.97 Å². The quantitative estimate of drug-likeness (QED) is 0.598. The van der Waals surface area contributed by atoms with Gasteiger partial charge < -0.3 is 20.5 Å². The zero-order valence-electron chi connectivity index (χ0n) is 15.8. The summed E-state index contributed by atoms with van der Waals surface area (Å²) in [5, 5.41) is 15.7. The summed E-state index contributed by atoms with van der Waals surface area (Å²) in [6.45, 7) is 0.345. The minimum atomic E-state index is -1.000. The maximum Gasteiger partial charge on any atom is 0.307 e. The second-order valence-electron chi connectivity index (χ2n) is 6.58. The number of para-hydroxylation sites is 1. The first-order chi connectivity index (χ1) is 14.0. The monoisotopic (exact) mass is 411 g/mol. The molecular formula is C21H21N3O4S. The van der Waals surface area contributed by atoms with Crippen LogP contribution >= 0.6 is 12.2 Å². The minimum Gasteiger partial charge on any atom is -0.495 e. The van der Waals surface area contributed by atoms with Crippen molar-refractivity contribution in [2.75, 3.05) is 12.4 Å². The number of carboxylic acids is 1. The van der Waals surface area contributed by atoms with Gasteiger partial charge in [-0.2, -0.15) is 0 Å². The minimum absolute atomic E-state index is 0.0783. The highest BCUT2D eigenvalue weighted by atomic mass is 32.1. The number of methoxy groups -OCH3 is 1. The molecule has 1 heterocycles. The van der Waals surface area contributed by atoms with Gasteiger partial charge in [0.15, 0.2) is 5.78 Å². The van der Waals surface area contributed by atoms with Crippen LogP contribution in [0.15, 0.2) is 60.1 Å². The van der Waals surface area contributed by atoms with E-state index in [1.54, 1.807) is 25.6 Å². The first-order valence-electron chi connectivity index (χ1n) is 9.06. The fourth-order valence-electron chi connectivity index (χ4n) is 3.17. The molecule has 3 rings (SSSR count). The second-order valence-corrected chi connectivity index (χ2v) is 6.99. The summed E-state index contributed by atoms with van der Waals surface area (Å²) < 4.78 is 5.30. The van der Waals surface area contributed by atoms with E-state index in [1.807, 2.05) is 30.3 Å². The summed E-state index contributed by atoms with van der Waals surface area (Å²) in [5.74, 6) is -1.47. The van der Waals surface area contributed by atoms with E-state index in [1.165, 1.54) is 0 Å². The predicted octanol–water partition coefficient (Wildman–Crippen LogP) is 2.94. The predicted molar refractivity (Wildman–Crippen MR) is 113 cm³/mol. The number of nitrogens with one attached hydrogen (secondary N) is 2. The molecule has 8 heteroatoms. The van der Waals surface area contributed by atoms with Crippen LogP contribution in [0.25, 0.3) is 0 Å². The number of allylic oxidation sites excluding steroid dienone is 1. The number of aliphatic carboxylic acids is 1. The average Bonchev–Trinajstić information content (AvgIpc) is 2.72. The van der Waals surface area contributed by atoms with Gasteiger partial charge in [0.25, 0.3) is 0 Å². The Bertz CT molecular complexity index is 959. The maximum absolute atomic E-state index is 12.8. The Hall–Kier alpha value is -3.26. The molecule has 3 N–H and O–H groups in total. The third kappa shape index (κ3) is 4.97. The number of nitrogens with zero attached hydrogens (tertiary/aromatic N) is 1. The number of pyridine rings is 1. The molecule has 0 aliphatic heterocycles. The molecule has 29 heavy (non-hydrogen) atoms. The topological polar surface area (TPSA) is 101 Å². The molecule has 1 aromatic heterocycles. The van der Waals surface area contributed by atoms with Crippen molar-refractivity contribution in [3.05, 3.63) is 65.6 Å². The van der Waals surface area contributed by atoms with Crippen molar-refractivity contribution in [3.8, 4) is 5.75 Å². The SMILES string of the molecule is COc1cnccc1CNC1=C(C(=S)Nc2ccccc2)C(=O)CC(C(=O)O)C1. The van der Waals surface area contributed by atoms with Crippen molar-refractivity contribution in [3.63, 3.8) is 0 Å². The van der Waals surface area contributed by atoms with Crippen molar-refractivity contribution in [1.29, 1.82) is 0 Å². The molecule has 1 unspecified atom stereocenters. The van der Waals surface area contributed by atoms with Gasteiger partial charge in [0.1, 0.15) is 10.7 Å². The number of rotatable bonds is 7. The van der Waals surface area contributed by atoms with Crippen LogP contribution in [0.5, 0.6) is 5.75 Å². The molecule has 1 aliphatic carbocycles. The van der Waals surface area contributed by atoms with Crippen molar-refractivity contribution < 1.29 is 19.4 Å². The highest BCUT2D eigenvalue weighted by Gasteiger charge is 2.33. The molecule has 0 spiro atoms. The smallest absolute Gasteiger partial charge is 0.307 e. The third-order valence-electron chi connectivity index (χ3n) is 4.65. The lowest BCUT2D eigenvalue weighted by Crippen LogP contribution is -2.34. The van der Waals surface area contributed by atoms with Gasteiger partial charge in [0.2, 0.25) is 0 Å². The molecule has 0 radical (unpaired) electrons. The number of aromatic nitrogens is 1. The fraction of sp³-hybridized carbons (Fsp3) is 0.238. The number of carbonyl (C=O) groups is 2. The Kier molecular flexibility index (Phi) is 6.56. The number of anilines is 1. The van der Waals surface area contributed by atoms with Gasteiger partial charge in [-0.15, -0.1) is 0 Å². The standard InChI is InChI=1S/C21H21N3O4S/c1-28-18-12-22-8-7-13(18)11-23-16-9-14(21(26)27)10-17(25)19(16)20(29)24-15-5-3-2-4-6-15/h2-8,12,14,23H,9-11H2,1H3,(H,24,29)(H,26,27). The Morgan fingerprint density at radius 3 is 2.72 bits per heavy atom. The Balaban J connectivity index is 1.88. The van der Waals surface area contributed by atoms with Crippen LogP contribution in [0.4, 0.5) is 5.69 Å². The van der Waals surface area contributed by atoms with E-state index >= 15 is 0 Å². The fourth-order valence-corrected chi connectivity index (χ4v) is 3.52. The lowest BCUT2D eigenvalue weighted by molar-refractivity contribution is -0.143. The summed E-state index contributed by atoms with van der Waals surface area (Å²) in [4.78, 5) is 28.6. The van der Waals surface area contributed by atoms with Gasteiger partial charge in [0, 0.05) is 42.5 Å². The van der Waals surface area contributed by atoms with Crippen LogP contribution in [-0.4, -0.2) is 33.9 Å². The number of hydrogen-bond donors (Lipinski definition) is 3. The van der Waals surface area contributed by atoms with Crippen molar-refractivity contribution in [2.45, 2.75) is 19.4 Å². The number of carboxylic acid groups (broad SMARTS) is 1. The van der Waals surface area contributed by atoms with Crippen molar-refractivity contribution in [2.24, 2.45) is 5.92 Å². The molecule has 1 atom stereocenters. The van der Waals surface area contributed by atoms with Crippen LogP contribution in [0, 0.1) is 5.92 Å². The van der Waals surface area contributed by atoms with Crippen LogP contribution in [0.2, 0.25) is 0 Å². The van der Waals surface area contributed by atoms with Gasteiger partial charge in [-0.25, -0.2) is 0 Å². The molecule has 1 aromatic carbocycles. The molecule has 0 amide bonds. The second kappa shape index (κ2) is 9.29. The third-order valence-corrected chi connectivity index (χ3v) is 4.96. The zero-order valence-corrected chi connectivity index (χ0v) is 16.7. The summed E-state index contributed by atoms with van der Waals surface area (Å²) in [6.07, 6.45) is 3.36. The zero-order chi connectivity index (χ0) is 20.8. The number of Topliss-reactive ketones (excluding diaryl/α,β-unsaturated/α-hetero) is 1. The molecule has 0 fully saturated rings. The van der Waals surface area contributed by atoms with E-state index < -0.39 is 11.9 Å². The molecule has 0 saturated carbocycles. The van der Waals surface area contributed by atoms with Crippen LogP contribution in [-0.2, 0) is 16.1 Å². The molecule has 7 nitrogen and oxygen atoms in total. The number of thiocarbonyl (C=S) groups is 1. The molecule has 1 aliphatic rings. The molecule has 2 aromatic rings. The number of ether oxygens (including phenoxy) is 1. The summed E-state index contributed by atoms with van der Waals surface area (Å²) in [7, 11) is 1.55. The van der Waals surface area contributed by atoms with E-state index in [9.17, 15) is 14.7 Å². The number of benzene rings is 1. The van der Waals surface area contributed by atoms with E-state index in [2.05, 4.69) is 15.6 Å². The number of carbonyl (C=O) groups excluding carboxylic acids is 1. The van der Waals surface area contributed by atoms with E-state index in [-0.39, 0.29) is 23.6 Å². The maximum atomic E-state index is 12.8. The summed E-state index contributed by atoms with van der Waals surface area (Å²) >= 11 is 5.48. The van der Waals surface area contributed by atoms with Crippen LogP contribution in [0.3, 0.4) is 0 Å². The molecular weight excluding hydrogens is 390 g/mol. The Morgan fingerprint density at radius 2 is 2.03 bits per heavy atom. The van der Waals surface area contributed by atoms with Crippen molar-refractivity contribution >= 4 is 34.6 Å². The first-order valence-corrected chi connectivity index (χ1v) is 9.46. The van der Waals surface area contributed by atoms with E-state index in [4.69, 9.17) is 17.0 Å². The van der Waals surface area contributed by atoms with Gasteiger partial charge in [-0.1, -0.05) is 30.4 Å². The van der Waals surface area contributed by atoms with Gasteiger partial charge in [-0.3, -0.25) is 14.6 Å². The number of ketones is 1. The highest BCUT2D eigenvalue weighted by molar-refractivity contribution is 7.81.